The number of anilines is 1. The van der Waals surface area contributed by atoms with Crippen molar-refractivity contribution < 1.29 is 9.21 Å². The van der Waals surface area contributed by atoms with Crippen LogP contribution in [0.4, 0.5) is 5.82 Å². The maximum absolute atomic E-state index is 12.1. The molecule has 0 saturated carbocycles. The van der Waals surface area contributed by atoms with E-state index in [2.05, 4.69) is 15.3 Å². The monoisotopic (exact) mass is 353 g/mol. The van der Waals surface area contributed by atoms with Crippen LogP contribution in [-0.2, 0) is 4.79 Å². The molecule has 3 rings (SSSR count). The van der Waals surface area contributed by atoms with Gasteiger partial charge in [-0.25, -0.2) is 9.97 Å². The molecule has 1 amide bonds. The van der Waals surface area contributed by atoms with E-state index >= 15 is 0 Å². The van der Waals surface area contributed by atoms with Crippen molar-refractivity contribution in [2.24, 2.45) is 0 Å². The third-order valence-electron chi connectivity index (χ3n) is 3.50. The summed E-state index contributed by atoms with van der Waals surface area (Å²) in [6.45, 7) is 1.86. The Morgan fingerprint density at radius 3 is 3.00 bits per heavy atom. The van der Waals surface area contributed by atoms with Gasteiger partial charge < -0.3 is 15.5 Å². The zero-order valence-corrected chi connectivity index (χ0v) is 14.2. The smallest absolute Gasteiger partial charge is 0.231 e. The number of nitrogens with two attached hydrogens (primary N) is 1. The van der Waals surface area contributed by atoms with Gasteiger partial charge in [-0.2, -0.15) is 5.26 Å². The van der Waals surface area contributed by atoms with Gasteiger partial charge in [0.05, 0.1) is 18.0 Å². The summed E-state index contributed by atoms with van der Waals surface area (Å²) in [6.07, 6.45) is 1.35. The maximum Gasteiger partial charge on any atom is 0.231 e. The number of nitriles is 1. The van der Waals surface area contributed by atoms with Crippen LogP contribution in [0.1, 0.15) is 24.3 Å². The Morgan fingerprint density at radius 2 is 2.28 bits per heavy atom. The Morgan fingerprint density at radius 1 is 1.48 bits per heavy atom. The number of benzene rings is 1. The van der Waals surface area contributed by atoms with Crippen LogP contribution in [-0.4, -0.2) is 21.6 Å². The van der Waals surface area contributed by atoms with Crippen molar-refractivity contribution in [2.75, 3.05) is 11.5 Å². The summed E-state index contributed by atoms with van der Waals surface area (Å²) in [7, 11) is 0. The van der Waals surface area contributed by atoms with Crippen molar-refractivity contribution in [3.63, 3.8) is 0 Å². The minimum atomic E-state index is -0.257. The van der Waals surface area contributed by atoms with E-state index < -0.39 is 0 Å². The van der Waals surface area contributed by atoms with Crippen LogP contribution in [0.15, 0.2) is 46.1 Å². The van der Waals surface area contributed by atoms with E-state index in [1.54, 1.807) is 0 Å². The minimum Gasteiger partial charge on any atom is -0.459 e. The number of nitrogen functional groups attached to an aromatic ring is 1. The fraction of sp³-hybridized carbons (Fsp3) is 0.176. The van der Waals surface area contributed by atoms with Gasteiger partial charge in [0.15, 0.2) is 5.16 Å². The van der Waals surface area contributed by atoms with E-state index in [1.807, 2.05) is 43.3 Å². The topological polar surface area (TPSA) is 118 Å². The summed E-state index contributed by atoms with van der Waals surface area (Å²) in [5.41, 5.74) is 6.63. The number of furan rings is 1. The zero-order chi connectivity index (χ0) is 17.8. The van der Waals surface area contributed by atoms with Crippen LogP contribution in [0.5, 0.6) is 0 Å². The number of amides is 1. The summed E-state index contributed by atoms with van der Waals surface area (Å²) in [5.74, 6) is 0.759. The molecule has 0 unspecified atom stereocenters. The molecule has 0 bridgehead atoms. The predicted molar refractivity (Wildman–Crippen MR) is 94.7 cm³/mol. The number of thioether (sulfide) groups is 1. The fourth-order valence-corrected chi connectivity index (χ4v) is 2.87. The van der Waals surface area contributed by atoms with Crippen molar-refractivity contribution in [3.05, 3.63) is 47.9 Å². The molecule has 1 atom stereocenters. The van der Waals surface area contributed by atoms with Gasteiger partial charge in [0, 0.05) is 5.39 Å². The van der Waals surface area contributed by atoms with Crippen molar-refractivity contribution in [1.82, 2.24) is 15.3 Å². The lowest BCUT2D eigenvalue weighted by Crippen LogP contribution is -2.28. The van der Waals surface area contributed by atoms with E-state index in [9.17, 15) is 4.79 Å². The third kappa shape index (κ3) is 3.89. The molecular weight excluding hydrogens is 338 g/mol. The molecule has 126 valence electrons. The highest BCUT2D eigenvalue weighted by molar-refractivity contribution is 7.99. The van der Waals surface area contributed by atoms with Gasteiger partial charge in [-0.1, -0.05) is 30.0 Å². The van der Waals surface area contributed by atoms with Crippen LogP contribution < -0.4 is 11.1 Å². The third-order valence-corrected chi connectivity index (χ3v) is 4.36. The Kier molecular flexibility index (Phi) is 4.86. The normalized spacial score (nSPS) is 11.8. The molecule has 2 heterocycles. The first kappa shape index (κ1) is 16.8. The quantitative estimate of drug-likeness (QED) is 0.534. The lowest BCUT2D eigenvalue weighted by atomic mass is 10.2. The molecule has 0 saturated heterocycles. The van der Waals surface area contributed by atoms with Crippen molar-refractivity contribution in [1.29, 1.82) is 5.26 Å². The zero-order valence-electron chi connectivity index (χ0n) is 13.4. The van der Waals surface area contributed by atoms with Crippen molar-refractivity contribution in [2.45, 2.75) is 18.1 Å². The molecule has 2 aromatic heterocycles. The highest BCUT2D eigenvalue weighted by Crippen LogP contribution is 2.24. The molecule has 3 N–H and O–H groups in total. The molecule has 1 aromatic carbocycles. The van der Waals surface area contributed by atoms with Gasteiger partial charge in [0.1, 0.15) is 28.8 Å². The summed E-state index contributed by atoms with van der Waals surface area (Å²) in [5, 5.41) is 13.0. The number of hydrogen-bond acceptors (Lipinski definition) is 7. The molecule has 3 aromatic rings. The molecule has 8 heteroatoms. The Bertz CT molecular complexity index is 930. The lowest BCUT2D eigenvalue weighted by Gasteiger charge is -2.10. The Labute approximate surface area is 148 Å². The van der Waals surface area contributed by atoms with Gasteiger partial charge >= 0.3 is 0 Å². The van der Waals surface area contributed by atoms with E-state index in [4.69, 9.17) is 15.4 Å². The van der Waals surface area contributed by atoms with E-state index in [0.29, 0.717) is 10.9 Å². The van der Waals surface area contributed by atoms with Crippen LogP contribution in [0, 0.1) is 11.3 Å². The number of hydrogen-bond donors (Lipinski definition) is 2. The molecule has 7 nitrogen and oxygen atoms in total. The first-order chi connectivity index (χ1) is 12.1. The number of nitrogens with zero attached hydrogens (tertiary/aromatic N) is 3. The van der Waals surface area contributed by atoms with Crippen molar-refractivity contribution >= 4 is 34.5 Å². The SMILES string of the molecule is C[C@H](NC(=O)CSc1ncc(C#N)c(N)n1)c1cc2ccccc2o1. The highest BCUT2D eigenvalue weighted by atomic mass is 32.2. The molecule has 25 heavy (non-hydrogen) atoms. The second-order valence-electron chi connectivity index (χ2n) is 5.33. The van der Waals surface area contributed by atoms with Crippen LogP contribution >= 0.6 is 11.8 Å². The Hall–Kier alpha value is -3.05. The number of nitrogens with one attached hydrogen (secondary N) is 1. The molecule has 0 spiro atoms. The van der Waals surface area contributed by atoms with Gasteiger partial charge in [-0.15, -0.1) is 0 Å². The summed E-state index contributed by atoms with van der Waals surface area (Å²) in [4.78, 5) is 20.1. The average molecular weight is 353 g/mol. The van der Waals surface area contributed by atoms with Crippen LogP contribution in [0.25, 0.3) is 11.0 Å². The van der Waals surface area contributed by atoms with Crippen LogP contribution in [0.2, 0.25) is 0 Å². The molecule has 0 aliphatic carbocycles. The molecule has 0 aliphatic rings. The summed E-state index contributed by atoms with van der Waals surface area (Å²) < 4.78 is 5.74. The van der Waals surface area contributed by atoms with Gasteiger partial charge in [-0.3, -0.25) is 4.79 Å². The largest absolute Gasteiger partial charge is 0.459 e. The van der Waals surface area contributed by atoms with E-state index in [0.717, 1.165) is 22.7 Å². The van der Waals surface area contributed by atoms with E-state index in [1.165, 1.54) is 6.20 Å². The average Bonchev–Trinajstić information content (AvgIpc) is 3.04. The molecule has 0 fully saturated rings. The number of rotatable bonds is 5. The summed E-state index contributed by atoms with van der Waals surface area (Å²) in [6, 6.07) is 11.2. The van der Waals surface area contributed by atoms with Gasteiger partial charge in [0.25, 0.3) is 0 Å². The second-order valence-corrected chi connectivity index (χ2v) is 6.27. The first-order valence-electron chi connectivity index (χ1n) is 7.50. The number of carbonyl (C=O) groups is 1. The number of carbonyl (C=O) groups excluding carboxylic acids is 1. The number of fused-ring (bicyclic) bond motifs is 1. The second kappa shape index (κ2) is 7.23. The van der Waals surface area contributed by atoms with E-state index in [-0.39, 0.29) is 29.1 Å². The van der Waals surface area contributed by atoms with Gasteiger partial charge in [-0.05, 0) is 19.1 Å². The predicted octanol–water partition coefficient (Wildman–Crippen LogP) is 2.65. The minimum absolute atomic E-state index is 0.107. The number of aromatic nitrogens is 2. The lowest BCUT2D eigenvalue weighted by molar-refractivity contribution is -0.119. The molecule has 0 aliphatic heterocycles. The molecular formula is C17H15N5O2S. The summed E-state index contributed by atoms with van der Waals surface area (Å²) >= 11 is 1.15. The van der Waals surface area contributed by atoms with Crippen LogP contribution in [0.3, 0.4) is 0 Å². The van der Waals surface area contributed by atoms with Crippen molar-refractivity contribution in [3.8, 4) is 6.07 Å². The maximum atomic E-state index is 12.1. The van der Waals surface area contributed by atoms with Gasteiger partial charge in [0.2, 0.25) is 5.91 Å². The molecule has 0 radical (unpaired) electrons. The Balaban J connectivity index is 1.58. The highest BCUT2D eigenvalue weighted by Gasteiger charge is 2.15. The first-order valence-corrected chi connectivity index (χ1v) is 8.48. The fourth-order valence-electron chi connectivity index (χ4n) is 2.23. The standard InChI is InChI=1S/C17H15N5O2S/c1-10(14-6-11-4-2-3-5-13(11)24-14)21-15(23)9-25-17-20-8-12(7-18)16(19)22-17/h2-6,8,10H,9H2,1H3,(H,21,23)(H2,19,20,22)/t10-/m0/s1. The number of para-hydroxylation sites is 1.